The minimum atomic E-state index is -0.381. The van der Waals surface area contributed by atoms with Crippen LogP contribution >= 0.6 is 0 Å². The monoisotopic (exact) mass is 248 g/mol. The van der Waals surface area contributed by atoms with Crippen LogP contribution in [0.5, 0.6) is 0 Å². The molecule has 1 heterocycles. The highest BCUT2D eigenvalue weighted by atomic mass is 16.2. The number of nitrogens with zero attached hydrogens (tertiary/aromatic N) is 1. The molecule has 1 aliphatic heterocycles. The Morgan fingerprint density at radius 2 is 1.83 bits per heavy atom. The highest BCUT2D eigenvalue weighted by molar-refractivity contribution is 6.07. The van der Waals surface area contributed by atoms with Gasteiger partial charge in [0.1, 0.15) is 6.54 Å². The molecule has 1 saturated heterocycles. The second-order valence-electron chi connectivity index (χ2n) is 4.74. The molecule has 0 aromatic carbocycles. The molecule has 1 N–H and O–H groups in total. The van der Waals surface area contributed by atoms with Gasteiger partial charge in [0.05, 0.1) is 18.4 Å². The normalized spacial score (nSPS) is 26.7. The highest BCUT2D eigenvalue weighted by Gasteiger charge is 2.48. The minimum absolute atomic E-state index is 0.113. The van der Waals surface area contributed by atoms with Crippen LogP contribution in [0.3, 0.4) is 0 Å². The lowest BCUT2D eigenvalue weighted by atomic mass is 9.81. The van der Waals surface area contributed by atoms with Crippen LogP contribution in [-0.4, -0.2) is 35.7 Å². The average molecular weight is 248 g/mol. The molecule has 0 aromatic heterocycles. The van der Waals surface area contributed by atoms with Crippen LogP contribution in [0, 0.1) is 24.2 Å². The molecule has 2 rings (SSSR count). The maximum absolute atomic E-state index is 12.0. The molecule has 3 amide bonds. The van der Waals surface area contributed by atoms with Crippen molar-refractivity contribution in [2.75, 3.05) is 13.1 Å². The van der Waals surface area contributed by atoms with Gasteiger partial charge >= 0.3 is 0 Å². The van der Waals surface area contributed by atoms with Gasteiger partial charge in [-0.1, -0.05) is 18.8 Å². The number of nitrogens with one attached hydrogen (secondary N) is 1. The Morgan fingerprint density at radius 1 is 1.28 bits per heavy atom. The summed E-state index contributed by atoms with van der Waals surface area (Å²) in [7, 11) is 0. The summed E-state index contributed by atoms with van der Waals surface area (Å²) in [5.74, 6) is 1.10. The van der Waals surface area contributed by atoms with E-state index in [0.717, 1.165) is 30.6 Å². The van der Waals surface area contributed by atoms with Gasteiger partial charge in [-0.05, 0) is 12.8 Å². The van der Waals surface area contributed by atoms with Gasteiger partial charge in [-0.25, -0.2) is 0 Å². The van der Waals surface area contributed by atoms with Gasteiger partial charge in [-0.2, -0.15) is 0 Å². The molecular formula is C13H16N2O3. The Bertz CT molecular complexity index is 400. The van der Waals surface area contributed by atoms with E-state index in [4.69, 9.17) is 6.42 Å². The molecule has 0 spiro atoms. The molecule has 5 nitrogen and oxygen atoms in total. The molecule has 0 radical (unpaired) electrons. The van der Waals surface area contributed by atoms with Crippen molar-refractivity contribution in [1.29, 1.82) is 0 Å². The predicted octanol–water partition coefficient (Wildman–Crippen LogP) is -0.0890. The molecular weight excluding hydrogens is 232 g/mol. The number of likely N-dealkylation sites (tertiary alicyclic amines) is 1. The molecule has 5 heteroatoms. The Labute approximate surface area is 106 Å². The van der Waals surface area contributed by atoms with E-state index in [2.05, 4.69) is 11.2 Å². The van der Waals surface area contributed by atoms with Gasteiger partial charge in [0, 0.05) is 0 Å². The fourth-order valence-corrected chi connectivity index (χ4v) is 2.74. The van der Waals surface area contributed by atoms with Gasteiger partial charge in [-0.3, -0.25) is 19.3 Å². The zero-order valence-electron chi connectivity index (χ0n) is 10.1. The largest absolute Gasteiger partial charge is 0.344 e. The summed E-state index contributed by atoms with van der Waals surface area (Å²) in [5, 5.41) is 2.46. The standard InChI is InChI=1S/C13H16N2O3/c1-2-7-14-11(16)8-15-12(17)9-5-3-4-6-10(9)13(15)18/h1,9-10H,3-8H2,(H,14,16)/t9-,10-/m1/s1. The SMILES string of the molecule is C#CCNC(=O)CN1C(=O)[C@@H]2CCCC[C@H]2C1=O. The Morgan fingerprint density at radius 3 is 2.33 bits per heavy atom. The van der Waals surface area contributed by atoms with Crippen molar-refractivity contribution in [2.24, 2.45) is 11.8 Å². The number of rotatable bonds is 3. The summed E-state index contributed by atoms with van der Waals surface area (Å²) >= 11 is 0. The van der Waals surface area contributed by atoms with Crippen LogP contribution in [-0.2, 0) is 14.4 Å². The molecule has 0 bridgehead atoms. The number of hydrogen-bond acceptors (Lipinski definition) is 3. The lowest BCUT2D eigenvalue weighted by Gasteiger charge is -2.19. The van der Waals surface area contributed by atoms with Gasteiger partial charge in [0.25, 0.3) is 0 Å². The first-order valence-electron chi connectivity index (χ1n) is 6.20. The van der Waals surface area contributed by atoms with E-state index in [9.17, 15) is 14.4 Å². The van der Waals surface area contributed by atoms with Gasteiger partial charge in [0.15, 0.2) is 0 Å². The molecule has 2 atom stereocenters. The van der Waals surface area contributed by atoms with Crippen molar-refractivity contribution in [1.82, 2.24) is 10.2 Å². The van der Waals surface area contributed by atoms with Crippen molar-refractivity contribution in [3.8, 4) is 12.3 Å². The third kappa shape index (κ3) is 2.23. The van der Waals surface area contributed by atoms with E-state index in [1.807, 2.05) is 0 Å². The topological polar surface area (TPSA) is 66.5 Å². The summed E-state index contributed by atoms with van der Waals surface area (Å²) in [6.07, 6.45) is 8.51. The summed E-state index contributed by atoms with van der Waals surface area (Å²) in [6, 6.07) is 0. The number of carbonyl (C=O) groups excluding carboxylic acids is 3. The summed E-state index contributed by atoms with van der Waals surface area (Å²) < 4.78 is 0. The smallest absolute Gasteiger partial charge is 0.240 e. The van der Waals surface area contributed by atoms with Gasteiger partial charge < -0.3 is 5.32 Å². The van der Waals surface area contributed by atoms with E-state index in [-0.39, 0.29) is 42.6 Å². The van der Waals surface area contributed by atoms with Crippen LogP contribution in [0.4, 0.5) is 0 Å². The lowest BCUT2D eigenvalue weighted by Crippen LogP contribution is -2.41. The number of amides is 3. The van der Waals surface area contributed by atoms with Crippen molar-refractivity contribution in [2.45, 2.75) is 25.7 Å². The summed E-state index contributed by atoms with van der Waals surface area (Å²) in [5.41, 5.74) is 0. The lowest BCUT2D eigenvalue weighted by molar-refractivity contribution is -0.143. The Hall–Kier alpha value is -1.83. The number of terminal acetylenes is 1. The second kappa shape index (κ2) is 5.21. The highest BCUT2D eigenvalue weighted by Crippen LogP contribution is 2.37. The zero-order valence-corrected chi connectivity index (χ0v) is 10.1. The van der Waals surface area contributed by atoms with Gasteiger partial charge in [0.2, 0.25) is 17.7 Å². The summed E-state index contributed by atoms with van der Waals surface area (Å²) in [4.78, 5) is 36.7. The van der Waals surface area contributed by atoms with Crippen molar-refractivity contribution < 1.29 is 14.4 Å². The maximum atomic E-state index is 12.0. The third-order valence-corrected chi connectivity index (χ3v) is 3.62. The van der Waals surface area contributed by atoms with Crippen LogP contribution in [0.15, 0.2) is 0 Å². The van der Waals surface area contributed by atoms with E-state index >= 15 is 0 Å². The molecule has 1 saturated carbocycles. The predicted molar refractivity (Wildman–Crippen MR) is 64.0 cm³/mol. The fourth-order valence-electron chi connectivity index (χ4n) is 2.74. The first-order valence-corrected chi connectivity index (χ1v) is 6.20. The average Bonchev–Trinajstić information content (AvgIpc) is 2.62. The molecule has 0 unspecified atom stereocenters. The van der Waals surface area contributed by atoms with Crippen molar-refractivity contribution >= 4 is 17.7 Å². The molecule has 96 valence electrons. The minimum Gasteiger partial charge on any atom is -0.344 e. The number of imide groups is 1. The van der Waals surface area contributed by atoms with Crippen molar-refractivity contribution in [3.63, 3.8) is 0 Å². The molecule has 1 aliphatic carbocycles. The van der Waals surface area contributed by atoms with E-state index in [1.165, 1.54) is 0 Å². The number of carbonyl (C=O) groups is 3. The molecule has 2 fully saturated rings. The van der Waals surface area contributed by atoms with Crippen molar-refractivity contribution in [3.05, 3.63) is 0 Å². The Kier molecular flexibility index (Phi) is 3.66. The van der Waals surface area contributed by atoms with Gasteiger partial charge in [-0.15, -0.1) is 6.42 Å². The number of hydrogen-bond donors (Lipinski definition) is 1. The molecule has 2 aliphatic rings. The molecule has 0 aromatic rings. The maximum Gasteiger partial charge on any atom is 0.240 e. The van der Waals surface area contributed by atoms with Crippen LogP contribution in [0.2, 0.25) is 0 Å². The van der Waals surface area contributed by atoms with Crippen LogP contribution < -0.4 is 5.32 Å². The van der Waals surface area contributed by atoms with E-state index in [1.54, 1.807) is 0 Å². The zero-order chi connectivity index (χ0) is 13.1. The second-order valence-corrected chi connectivity index (χ2v) is 4.74. The first-order chi connectivity index (χ1) is 8.65. The Balaban J connectivity index is 2.01. The quantitative estimate of drug-likeness (QED) is 0.561. The molecule has 18 heavy (non-hydrogen) atoms. The van der Waals surface area contributed by atoms with Crippen LogP contribution in [0.1, 0.15) is 25.7 Å². The fraction of sp³-hybridized carbons (Fsp3) is 0.615. The number of fused-ring (bicyclic) bond motifs is 1. The van der Waals surface area contributed by atoms with E-state index < -0.39 is 0 Å². The van der Waals surface area contributed by atoms with Crippen LogP contribution in [0.25, 0.3) is 0 Å². The third-order valence-electron chi connectivity index (χ3n) is 3.62. The first kappa shape index (κ1) is 12.6. The van der Waals surface area contributed by atoms with E-state index in [0.29, 0.717) is 0 Å². The summed E-state index contributed by atoms with van der Waals surface area (Å²) in [6.45, 7) is -0.0890.